The first kappa shape index (κ1) is 23.5. The molecule has 2 aromatic heterocycles. The van der Waals surface area contributed by atoms with Gasteiger partial charge in [-0.25, -0.2) is 4.68 Å². The Morgan fingerprint density at radius 2 is 1.82 bits per heavy atom. The van der Waals surface area contributed by atoms with Crippen LogP contribution in [0, 0.1) is 13.8 Å². The van der Waals surface area contributed by atoms with Crippen LogP contribution in [-0.4, -0.2) is 57.1 Å². The molecule has 0 radical (unpaired) electrons. The SMILES string of the molecule is COc1ccc(-n2ncc(C(=O)N3CCC(Oc4cc(C)ccc4C)CC3)c2C(F)(F)F)nn1. The molecule has 0 aliphatic carbocycles. The Labute approximate surface area is 194 Å². The number of hydrogen-bond donors (Lipinski definition) is 0. The van der Waals surface area contributed by atoms with Gasteiger partial charge in [-0.05, 0) is 37.1 Å². The monoisotopic (exact) mass is 475 g/mol. The van der Waals surface area contributed by atoms with Gasteiger partial charge in [0, 0.05) is 32.0 Å². The molecule has 1 fully saturated rings. The quantitative estimate of drug-likeness (QED) is 0.555. The van der Waals surface area contributed by atoms with Gasteiger partial charge in [-0.3, -0.25) is 4.79 Å². The molecule has 0 bridgehead atoms. The molecule has 0 atom stereocenters. The molecule has 3 heterocycles. The number of methoxy groups -OCH3 is 1. The second-order valence-electron chi connectivity index (χ2n) is 8.13. The fourth-order valence-corrected chi connectivity index (χ4v) is 3.85. The molecule has 4 rings (SSSR count). The molecule has 1 aliphatic rings. The number of ether oxygens (including phenoxy) is 2. The first-order valence-corrected chi connectivity index (χ1v) is 10.7. The van der Waals surface area contributed by atoms with E-state index >= 15 is 0 Å². The third-order valence-corrected chi connectivity index (χ3v) is 5.69. The fourth-order valence-electron chi connectivity index (χ4n) is 3.85. The number of likely N-dealkylation sites (tertiary alicyclic amines) is 1. The predicted octanol–water partition coefficient (Wildman–Crippen LogP) is 3.99. The summed E-state index contributed by atoms with van der Waals surface area (Å²) in [6.07, 6.45) is -3.00. The number of piperidine rings is 1. The van der Waals surface area contributed by atoms with E-state index in [0.29, 0.717) is 17.5 Å². The van der Waals surface area contributed by atoms with E-state index in [9.17, 15) is 18.0 Å². The summed E-state index contributed by atoms with van der Waals surface area (Å²) in [5.74, 6) is 0.0239. The van der Waals surface area contributed by atoms with Crippen LogP contribution >= 0.6 is 0 Å². The number of rotatable bonds is 5. The van der Waals surface area contributed by atoms with Gasteiger partial charge in [-0.15, -0.1) is 10.2 Å². The van der Waals surface area contributed by atoms with Crippen molar-refractivity contribution >= 4 is 5.91 Å². The van der Waals surface area contributed by atoms with Crippen LogP contribution in [0.2, 0.25) is 0 Å². The van der Waals surface area contributed by atoms with Gasteiger partial charge < -0.3 is 14.4 Å². The zero-order valence-corrected chi connectivity index (χ0v) is 19.0. The molecule has 0 unspecified atom stereocenters. The average molecular weight is 475 g/mol. The number of carbonyl (C=O) groups excluding carboxylic acids is 1. The molecule has 0 spiro atoms. The number of amides is 1. The van der Waals surface area contributed by atoms with Gasteiger partial charge in [0.15, 0.2) is 11.5 Å². The second-order valence-corrected chi connectivity index (χ2v) is 8.13. The fraction of sp³-hybridized carbons (Fsp3) is 0.391. The molecule has 0 N–H and O–H groups in total. The summed E-state index contributed by atoms with van der Waals surface area (Å²) in [5, 5.41) is 11.2. The van der Waals surface area contributed by atoms with Crippen LogP contribution in [-0.2, 0) is 6.18 Å². The highest BCUT2D eigenvalue weighted by Gasteiger charge is 2.42. The van der Waals surface area contributed by atoms with Crippen LogP contribution in [0.3, 0.4) is 0 Å². The molecule has 1 aromatic carbocycles. The van der Waals surface area contributed by atoms with Crippen LogP contribution in [0.25, 0.3) is 5.82 Å². The number of halogens is 3. The van der Waals surface area contributed by atoms with E-state index in [1.54, 1.807) is 0 Å². The van der Waals surface area contributed by atoms with Gasteiger partial charge in [0.1, 0.15) is 11.9 Å². The van der Waals surface area contributed by atoms with Crippen molar-refractivity contribution in [1.29, 1.82) is 0 Å². The Hall–Kier alpha value is -3.63. The van der Waals surface area contributed by atoms with E-state index in [1.165, 1.54) is 24.1 Å². The molecule has 11 heteroatoms. The second kappa shape index (κ2) is 9.32. The summed E-state index contributed by atoms with van der Waals surface area (Å²) in [4.78, 5) is 14.5. The van der Waals surface area contributed by atoms with Crippen molar-refractivity contribution in [2.75, 3.05) is 20.2 Å². The summed E-state index contributed by atoms with van der Waals surface area (Å²) < 4.78 is 53.4. The van der Waals surface area contributed by atoms with Gasteiger partial charge in [0.2, 0.25) is 5.88 Å². The number of hydrogen-bond acceptors (Lipinski definition) is 6. The van der Waals surface area contributed by atoms with Gasteiger partial charge in [-0.1, -0.05) is 12.1 Å². The van der Waals surface area contributed by atoms with Crippen LogP contribution in [0.4, 0.5) is 13.2 Å². The van der Waals surface area contributed by atoms with Crippen molar-refractivity contribution in [2.24, 2.45) is 0 Å². The zero-order chi connectivity index (χ0) is 24.5. The first-order chi connectivity index (χ1) is 16.2. The van der Waals surface area contributed by atoms with Crippen LogP contribution < -0.4 is 9.47 Å². The van der Waals surface area contributed by atoms with Crippen molar-refractivity contribution in [3.8, 4) is 17.4 Å². The Kier molecular flexibility index (Phi) is 6.45. The van der Waals surface area contributed by atoms with E-state index in [-0.39, 0.29) is 30.9 Å². The maximum absolute atomic E-state index is 14.0. The summed E-state index contributed by atoms with van der Waals surface area (Å²) in [7, 11) is 1.37. The van der Waals surface area contributed by atoms with Crippen LogP contribution in [0.5, 0.6) is 11.6 Å². The Bertz CT molecular complexity index is 1170. The van der Waals surface area contributed by atoms with Gasteiger partial charge in [0.25, 0.3) is 5.91 Å². The molecule has 1 amide bonds. The molecule has 0 saturated carbocycles. The molecular weight excluding hydrogens is 451 g/mol. The number of aromatic nitrogens is 4. The molecule has 3 aromatic rings. The highest BCUT2D eigenvalue weighted by atomic mass is 19.4. The van der Waals surface area contributed by atoms with E-state index < -0.39 is 23.3 Å². The highest BCUT2D eigenvalue weighted by molar-refractivity contribution is 5.95. The van der Waals surface area contributed by atoms with Crippen molar-refractivity contribution in [3.63, 3.8) is 0 Å². The summed E-state index contributed by atoms with van der Waals surface area (Å²) >= 11 is 0. The van der Waals surface area contributed by atoms with E-state index in [2.05, 4.69) is 15.3 Å². The minimum atomic E-state index is -4.83. The van der Waals surface area contributed by atoms with Crippen molar-refractivity contribution < 1.29 is 27.4 Å². The highest BCUT2D eigenvalue weighted by Crippen LogP contribution is 2.34. The molecule has 1 saturated heterocycles. The predicted molar refractivity (Wildman–Crippen MR) is 116 cm³/mol. The largest absolute Gasteiger partial charge is 0.490 e. The van der Waals surface area contributed by atoms with Crippen molar-refractivity contribution in [1.82, 2.24) is 24.9 Å². The van der Waals surface area contributed by atoms with E-state index in [4.69, 9.17) is 9.47 Å². The molecule has 34 heavy (non-hydrogen) atoms. The number of alkyl halides is 3. The molecule has 180 valence electrons. The number of nitrogens with zero attached hydrogens (tertiary/aromatic N) is 5. The van der Waals surface area contributed by atoms with E-state index in [1.807, 2.05) is 32.0 Å². The zero-order valence-electron chi connectivity index (χ0n) is 19.0. The lowest BCUT2D eigenvalue weighted by Gasteiger charge is -2.32. The number of carbonyl (C=O) groups is 1. The van der Waals surface area contributed by atoms with Crippen molar-refractivity contribution in [3.05, 3.63) is 58.9 Å². The maximum atomic E-state index is 14.0. The smallest absolute Gasteiger partial charge is 0.434 e. The first-order valence-electron chi connectivity index (χ1n) is 10.7. The molecular formula is C23H24F3N5O3. The lowest BCUT2D eigenvalue weighted by Crippen LogP contribution is -2.42. The summed E-state index contributed by atoms with van der Waals surface area (Å²) in [6, 6.07) is 8.59. The van der Waals surface area contributed by atoms with Crippen molar-refractivity contribution in [2.45, 2.75) is 39.0 Å². The van der Waals surface area contributed by atoms with Crippen LogP contribution in [0.15, 0.2) is 36.5 Å². The Morgan fingerprint density at radius 3 is 2.44 bits per heavy atom. The number of benzene rings is 1. The topological polar surface area (TPSA) is 82.4 Å². The Morgan fingerprint density at radius 1 is 1.09 bits per heavy atom. The van der Waals surface area contributed by atoms with Gasteiger partial charge in [-0.2, -0.15) is 18.3 Å². The molecule has 1 aliphatic heterocycles. The minimum Gasteiger partial charge on any atom is -0.490 e. The van der Waals surface area contributed by atoms with Gasteiger partial charge >= 0.3 is 6.18 Å². The lowest BCUT2D eigenvalue weighted by molar-refractivity contribution is -0.143. The lowest BCUT2D eigenvalue weighted by atomic mass is 10.1. The maximum Gasteiger partial charge on any atom is 0.434 e. The Balaban J connectivity index is 1.51. The minimum absolute atomic E-state index is 0.121. The summed E-state index contributed by atoms with van der Waals surface area (Å²) in [6.45, 7) is 4.48. The average Bonchev–Trinajstić information content (AvgIpc) is 3.27. The third-order valence-electron chi connectivity index (χ3n) is 5.69. The van der Waals surface area contributed by atoms with Gasteiger partial charge in [0.05, 0.1) is 18.9 Å². The number of aryl methyl sites for hydroxylation is 2. The third kappa shape index (κ3) is 4.82. The molecule has 8 nitrogen and oxygen atoms in total. The van der Waals surface area contributed by atoms with E-state index in [0.717, 1.165) is 23.1 Å². The summed E-state index contributed by atoms with van der Waals surface area (Å²) in [5.41, 5.74) is 0.365. The van der Waals surface area contributed by atoms with Crippen LogP contribution in [0.1, 0.15) is 40.0 Å². The normalized spacial score (nSPS) is 14.8. The standard InChI is InChI=1S/C23H24F3N5O3/c1-14-4-5-15(2)18(12-14)34-16-8-10-30(11-9-16)22(32)17-13-27-31(21(17)23(24,25)26)19-6-7-20(33-3)29-28-19/h4-7,12-13,16H,8-11H2,1-3H3.